The zero-order valence-electron chi connectivity index (χ0n) is 26.5. The van der Waals surface area contributed by atoms with Crippen LogP contribution in [0.1, 0.15) is 60.9 Å². The highest BCUT2D eigenvalue weighted by atomic mass is 16.5. The number of ether oxygens (including phenoxy) is 3. The summed E-state index contributed by atoms with van der Waals surface area (Å²) in [4.78, 5) is 30.4. The highest BCUT2D eigenvalue weighted by molar-refractivity contribution is 6.46. The van der Waals surface area contributed by atoms with Crippen molar-refractivity contribution < 1.29 is 28.9 Å². The van der Waals surface area contributed by atoms with E-state index in [1.165, 1.54) is 0 Å². The summed E-state index contributed by atoms with van der Waals surface area (Å²) in [5.41, 5.74) is 3.34. The summed E-state index contributed by atoms with van der Waals surface area (Å²) < 4.78 is 17.6. The molecule has 1 saturated heterocycles. The molecule has 3 aromatic rings. The molecule has 1 unspecified atom stereocenters. The number of aliphatic hydroxyl groups excluding tert-OH is 1. The second-order valence-corrected chi connectivity index (χ2v) is 11.4. The molecule has 4 rings (SSSR count). The first-order chi connectivity index (χ1) is 21.2. The zero-order chi connectivity index (χ0) is 31.6. The first-order valence-corrected chi connectivity index (χ1v) is 15.3. The van der Waals surface area contributed by atoms with Gasteiger partial charge in [0.25, 0.3) is 11.7 Å². The Morgan fingerprint density at radius 1 is 0.932 bits per heavy atom. The minimum atomic E-state index is -0.780. The third-order valence-corrected chi connectivity index (χ3v) is 7.67. The minimum Gasteiger partial charge on any atom is -0.507 e. The number of hydrogen-bond donors (Lipinski definition) is 1. The number of ketones is 1. The van der Waals surface area contributed by atoms with Crippen molar-refractivity contribution in [1.29, 1.82) is 0 Å². The first-order valence-electron chi connectivity index (χ1n) is 15.3. The van der Waals surface area contributed by atoms with Crippen LogP contribution in [0.4, 0.5) is 0 Å². The van der Waals surface area contributed by atoms with E-state index in [4.69, 9.17) is 14.2 Å². The van der Waals surface area contributed by atoms with Gasteiger partial charge in [-0.2, -0.15) is 0 Å². The lowest BCUT2D eigenvalue weighted by molar-refractivity contribution is -0.139. The molecular formula is C36H44N2O6. The number of methoxy groups -OCH3 is 1. The van der Waals surface area contributed by atoms with Crippen LogP contribution in [0.5, 0.6) is 17.2 Å². The molecule has 3 aromatic carbocycles. The monoisotopic (exact) mass is 600 g/mol. The molecule has 0 saturated carbocycles. The number of Topliss-reactive ketones (excluding diaryl/α,β-unsaturated/α-hetero) is 1. The van der Waals surface area contributed by atoms with Gasteiger partial charge in [0.05, 0.1) is 25.3 Å². The van der Waals surface area contributed by atoms with Crippen molar-refractivity contribution in [2.24, 2.45) is 0 Å². The maximum atomic E-state index is 13.5. The van der Waals surface area contributed by atoms with Crippen LogP contribution in [0.3, 0.4) is 0 Å². The molecule has 1 N–H and O–H groups in total. The fourth-order valence-corrected chi connectivity index (χ4v) is 5.36. The highest BCUT2D eigenvalue weighted by Gasteiger charge is 2.46. The van der Waals surface area contributed by atoms with Gasteiger partial charge in [-0.05, 0) is 87.9 Å². The van der Waals surface area contributed by atoms with Crippen molar-refractivity contribution in [3.63, 3.8) is 0 Å². The van der Waals surface area contributed by atoms with E-state index in [9.17, 15) is 14.7 Å². The third kappa shape index (κ3) is 7.99. The average Bonchev–Trinajstić information content (AvgIpc) is 3.27. The van der Waals surface area contributed by atoms with E-state index in [1.807, 2.05) is 50.2 Å². The number of nitrogens with zero attached hydrogens (tertiary/aromatic N) is 2. The molecule has 8 heteroatoms. The van der Waals surface area contributed by atoms with Crippen molar-refractivity contribution >= 4 is 17.4 Å². The van der Waals surface area contributed by atoms with Crippen molar-refractivity contribution in [2.45, 2.75) is 52.2 Å². The zero-order valence-corrected chi connectivity index (χ0v) is 26.5. The SMILES string of the molecule is CCCCCOc1ccc(C2/C(=C(\O)c3ccc(OCc4cccc(C)c4)cc3)C(=O)C(=O)N2CCCN(C)C)cc1OC. The van der Waals surface area contributed by atoms with Crippen LogP contribution in [-0.4, -0.2) is 67.5 Å². The first kappa shape index (κ1) is 32.6. The Hall–Kier alpha value is -4.30. The predicted molar refractivity (Wildman–Crippen MR) is 172 cm³/mol. The molecule has 0 bridgehead atoms. The molecule has 0 spiro atoms. The molecule has 8 nitrogen and oxygen atoms in total. The number of likely N-dealkylation sites (tertiary alicyclic amines) is 1. The van der Waals surface area contributed by atoms with Crippen LogP contribution in [0.15, 0.2) is 72.3 Å². The molecule has 234 valence electrons. The van der Waals surface area contributed by atoms with Gasteiger partial charge in [0.2, 0.25) is 0 Å². The van der Waals surface area contributed by atoms with E-state index >= 15 is 0 Å². The molecule has 0 aliphatic carbocycles. The van der Waals surface area contributed by atoms with Crippen LogP contribution in [0, 0.1) is 6.92 Å². The van der Waals surface area contributed by atoms with Gasteiger partial charge in [-0.3, -0.25) is 9.59 Å². The predicted octanol–water partition coefficient (Wildman–Crippen LogP) is 6.53. The van der Waals surface area contributed by atoms with Gasteiger partial charge in [-0.25, -0.2) is 0 Å². The number of unbranched alkanes of at least 4 members (excludes halogenated alkanes) is 2. The molecule has 1 heterocycles. The maximum absolute atomic E-state index is 13.5. The molecule has 1 aliphatic heterocycles. The average molecular weight is 601 g/mol. The van der Waals surface area contributed by atoms with E-state index in [0.29, 0.717) is 54.6 Å². The number of carbonyl (C=O) groups excluding carboxylic acids is 2. The number of aryl methyl sites for hydroxylation is 1. The Labute approximate surface area is 260 Å². The van der Waals surface area contributed by atoms with Gasteiger partial charge in [0.15, 0.2) is 11.5 Å². The normalized spacial score (nSPS) is 16.0. The van der Waals surface area contributed by atoms with Gasteiger partial charge in [-0.15, -0.1) is 0 Å². The van der Waals surface area contributed by atoms with Gasteiger partial charge in [-0.1, -0.05) is 55.7 Å². The van der Waals surface area contributed by atoms with Gasteiger partial charge in [0.1, 0.15) is 18.1 Å². The quantitative estimate of drug-likeness (QED) is 0.0919. The largest absolute Gasteiger partial charge is 0.507 e. The Balaban J connectivity index is 1.65. The number of aliphatic hydroxyl groups is 1. The Bertz CT molecular complexity index is 1460. The van der Waals surface area contributed by atoms with Crippen LogP contribution in [0.25, 0.3) is 5.76 Å². The second-order valence-electron chi connectivity index (χ2n) is 11.4. The minimum absolute atomic E-state index is 0.0481. The van der Waals surface area contributed by atoms with E-state index in [1.54, 1.807) is 48.4 Å². The lowest BCUT2D eigenvalue weighted by atomic mass is 9.95. The molecule has 44 heavy (non-hydrogen) atoms. The number of carbonyl (C=O) groups is 2. The van der Waals surface area contributed by atoms with Crippen LogP contribution in [0.2, 0.25) is 0 Å². The van der Waals surface area contributed by atoms with Crippen molar-refractivity contribution in [2.75, 3.05) is 40.9 Å². The van der Waals surface area contributed by atoms with E-state index < -0.39 is 17.7 Å². The number of benzene rings is 3. The number of amides is 1. The Kier molecular flexibility index (Phi) is 11.4. The van der Waals surface area contributed by atoms with E-state index in [-0.39, 0.29) is 11.3 Å². The molecule has 1 fully saturated rings. The number of rotatable bonds is 15. The molecule has 0 aromatic heterocycles. The van der Waals surface area contributed by atoms with Gasteiger partial charge < -0.3 is 29.1 Å². The van der Waals surface area contributed by atoms with Gasteiger partial charge in [0, 0.05) is 12.1 Å². The Morgan fingerprint density at radius 3 is 2.39 bits per heavy atom. The Morgan fingerprint density at radius 2 is 1.70 bits per heavy atom. The summed E-state index contributed by atoms with van der Waals surface area (Å²) in [5, 5.41) is 11.5. The summed E-state index contributed by atoms with van der Waals surface area (Å²) in [6, 6.07) is 19.7. The molecular weight excluding hydrogens is 556 g/mol. The summed E-state index contributed by atoms with van der Waals surface area (Å²) in [7, 11) is 5.49. The van der Waals surface area contributed by atoms with Crippen LogP contribution in [-0.2, 0) is 16.2 Å². The van der Waals surface area contributed by atoms with Crippen molar-refractivity contribution in [1.82, 2.24) is 9.80 Å². The second kappa shape index (κ2) is 15.4. The fraction of sp³-hybridized carbons (Fsp3) is 0.389. The van der Waals surface area contributed by atoms with Crippen molar-refractivity contribution in [3.8, 4) is 17.2 Å². The summed E-state index contributed by atoms with van der Waals surface area (Å²) >= 11 is 0. The summed E-state index contributed by atoms with van der Waals surface area (Å²) in [5.74, 6) is 0.157. The summed E-state index contributed by atoms with van der Waals surface area (Å²) in [6.07, 6.45) is 3.76. The topological polar surface area (TPSA) is 88.5 Å². The van der Waals surface area contributed by atoms with E-state index in [0.717, 1.165) is 36.9 Å². The highest BCUT2D eigenvalue weighted by Crippen LogP contribution is 2.42. The van der Waals surface area contributed by atoms with Crippen LogP contribution < -0.4 is 14.2 Å². The molecule has 1 aliphatic rings. The lowest BCUT2D eigenvalue weighted by Crippen LogP contribution is -2.32. The molecule has 1 atom stereocenters. The van der Waals surface area contributed by atoms with Crippen molar-refractivity contribution in [3.05, 3.63) is 94.6 Å². The lowest BCUT2D eigenvalue weighted by Gasteiger charge is -2.26. The smallest absolute Gasteiger partial charge is 0.295 e. The fourth-order valence-electron chi connectivity index (χ4n) is 5.36. The van der Waals surface area contributed by atoms with E-state index in [2.05, 4.69) is 13.0 Å². The van der Waals surface area contributed by atoms with Crippen LogP contribution >= 0.6 is 0 Å². The molecule has 0 radical (unpaired) electrons. The van der Waals surface area contributed by atoms with Gasteiger partial charge >= 0.3 is 0 Å². The third-order valence-electron chi connectivity index (χ3n) is 7.67. The standard InChI is InChI=1S/C36H44N2O6/c1-6-7-8-21-43-30-18-15-28(23-31(30)42-5)33-32(35(40)36(41)38(33)20-10-19-37(3)4)34(39)27-13-16-29(17-14-27)44-24-26-12-9-11-25(2)22-26/h9,11-18,22-23,33,39H,6-8,10,19-21,24H2,1-5H3/b34-32+. The molecule has 1 amide bonds. The maximum Gasteiger partial charge on any atom is 0.295 e. The number of hydrogen-bond acceptors (Lipinski definition) is 7. The summed E-state index contributed by atoms with van der Waals surface area (Å²) in [6.45, 7) is 6.25.